The van der Waals surface area contributed by atoms with Crippen LogP contribution in [0.5, 0.6) is 0 Å². The summed E-state index contributed by atoms with van der Waals surface area (Å²) in [6.45, 7) is 5.18. The molecule has 0 saturated carbocycles. The molecule has 100 valence electrons. The van der Waals surface area contributed by atoms with Gasteiger partial charge in [0.15, 0.2) is 0 Å². The lowest BCUT2D eigenvalue weighted by Gasteiger charge is -2.21. The summed E-state index contributed by atoms with van der Waals surface area (Å²) in [4.78, 5) is 22.7. The molecule has 1 aromatic rings. The average Bonchev–Trinajstić information content (AvgIpc) is 2.33. The number of rotatable bonds is 3. The van der Waals surface area contributed by atoms with Gasteiger partial charge in [-0.05, 0) is 32.4 Å². The molecule has 1 aromatic carbocycles. The third-order valence-electron chi connectivity index (χ3n) is 2.22. The zero-order chi connectivity index (χ0) is 14.5. The van der Waals surface area contributed by atoms with Crippen molar-refractivity contribution in [1.82, 2.24) is 5.32 Å². The van der Waals surface area contributed by atoms with Crippen molar-refractivity contribution >= 4 is 12.4 Å². The third kappa shape index (κ3) is 4.43. The molecule has 5 nitrogen and oxygen atoms in total. The highest BCUT2D eigenvalue weighted by Crippen LogP contribution is 2.16. The van der Waals surface area contributed by atoms with E-state index in [-0.39, 0.29) is 0 Å². The van der Waals surface area contributed by atoms with Crippen LogP contribution in [-0.4, -0.2) is 18.0 Å². The zero-order valence-electron chi connectivity index (χ0n) is 11.1. The second-order valence-corrected chi connectivity index (χ2v) is 4.96. The standard InChI is InChI=1S/C14H16N2O3/c1-14(2,3)19-13(18)16-12(9-17)11-7-5-4-6-10(11)8-15/h4-7,9,12H,1-3H3,(H,16,18). The number of nitriles is 1. The first-order chi connectivity index (χ1) is 8.87. The maximum Gasteiger partial charge on any atom is 0.408 e. The summed E-state index contributed by atoms with van der Waals surface area (Å²) < 4.78 is 5.07. The van der Waals surface area contributed by atoms with Crippen LogP contribution in [0, 0.1) is 11.3 Å². The Labute approximate surface area is 112 Å². The molecule has 1 unspecified atom stereocenters. The van der Waals surface area contributed by atoms with Crippen LogP contribution in [0.15, 0.2) is 24.3 Å². The maximum absolute atomic E-state index is 11.6. The highest BCUT2D eigenvalue weighted by atomic mass is 16.6. The van der Waals surface area contributed by atoms with Gasteiger partial charge in [-0.15, -0.1) is 0 Å². The Kier molecular flexibility index (Phi) is 4.65. The fourth-order valence-electron chi connectivity index (χ4n) is 1.49. The molecule has 5 heteroatoms. The van der Waals surface area contributed by atoms with E-state index in [1.807, 2.05) is 6.07 Å². The summed E-state index contributed by atoms with van der Waals surface area (Å²) in [5.41, 5.74) is 0.147. The van der Waals surface area contributed by atoms with Crippen LogP contribution >= 0.6 is 0 Å². The molecule has 0 aromatic heterocycles. The molecule has 19 heavy (non-hydrogen) atoms. The lowest BCUT2D eigenvalue weighted by Crippen LogP contribution is -2.35. The van der Waals surface area contributed by atoms with Gasteiger partial charge in [-0.2, -0.15) is 5.26 Å². The average molecular weight is 260 g/mol. The van der Waals surface area contributed by atoms with Crippen LogP contribution in [0.2, 0.25) is 0 Å². The summed E-state index contributed by atoms with van der Waals surface area (Å²) in [5, 5.41) is 11.4. The number of hydrogen-bond donors (Lipinski definition) is 1. The van der Waals surface area contributed by atoms with Gasteiger partial charge in [-0.3, -0.25) is 0 Å². The Bertz CT molecular complexity index is 512. The number of nitrogens with one attached hydrogen (secondary N) is 1. The van der Waals surface area contributed by atoms with Crippen LogP contribution in [0.4, 0.5) is 4.79 Å². The summed E-state index contributed by atoms with van der Waals surface area (Å²) in [6, 6.07) is 7.68. The Morgan fingerprint density at radius 2 is 2.05 bits per heavy atom. The van der Waals surface area contributed by atoms with E-state index in [9.17, 15) is 9.59 Å². The summed E-state index contributed by atoms with van der Waals surface area (Å²) in [6.07, 6.45) is -0.127. The van der Waals surface area contributed by atoms with Crippen LogP contribution in [0.1, 0.15) is 37.9 Å². The molecule has 1 rings (SSSR count). The smallest absolute Gasteiger partial charge is 0.408 e. The Morgan fingerprint density at radius 3 is 2.58 bits per heavy atom. The Balaban J connectivity index is 2.88. The SMILES string of the molecule is CC(C)(C)OC(=O)NC(C=O)c1ccccc1C#N. The molecule has 0 aliphatic carbocycles. The van der Waals surface area contributed by atoms with Crippen molar-refractivity contribution in [3.8, 4) is 6.07 Å². The van der Waals surface area contributed by atoms with Crippen molar-refractivity contribution in [1.29, 1.82) is 5.26 Å². The predicted molar refractivity (Wildman–Crippen MR) is 69.3 cm³/mol. The molecule has 0 fully saturated rings. The van der Waals surface area contributed by atoms with Crippen LogP contribution in [0.3, 0.4) is 0 Å². The maximum atomic E-state index is 11.6. The number of ether oxygens (including phenoxy) is 1. The van der Waals surface area contributed by atoms with E-state index in [0.717, 1.165) is 0 Å². The van der Waals surface area contributed by atoms with Crippen molar-refractivity contribution in [2.75, 3.05) is 0 Å². The Morgan fingerprint density at radius 1 is 1.42 bits per heavy atom. The van der Waals surface area contributed by atoms with Crippen molar-refractivity contribution in [2.45, 2.75) is 32.4 Å². The molecule has 0 spiro atoms. The van der Waals surface area contributed by atoms with Crippen molar-refractivity contribution in [2.24, 2.45) is 0 Å². The molecule has 0 bridgehead atoms. The summed E-state index contributed by atoms with van der Waals surface area (Å²) in [7, 11) is 0. The lowest BCUT2D eigenvalue weighted by atomic mass is 10.0. The largest absolute Gasteiger partial charge is 0.444 e. The highest BCUT2D eigenvalue weighted by molar-refractivity contribution is 5.75. The molecule has 0 aliphatic heterocycles. The van der Waals surface area contributed by atoms with E-state index in [1.165, 1.54) is 0 Å². The molecule has 0 radical (unpaired) electrons. The van der Waals surface area contributed by atoms with Gasteiger partial charge >= 0.3 is 6.09 Å². The highest BCUT2D eigenvalue weighted by Gasteiger charge is 2.21. The van der Waals surface area contributed by atoms with Crippen LogP contribution in [0.25, 0.3) is 0 Å². The van der Waals surface area contributed by atoms with E-state index < -0.39 is 17.7 Å². The first-order valence-corrected chi connectivity index (χ1v) is 5.81. The molecular weight excluding hydrogens is 244 g/mol. The second kappa shape index (κ2) is 6.01. The van der Waals surface area contributed by atoms with E-state index in [4.69, 9.17) is 10.00 Å². The number of carbonyl (C=O) groups is 2. The minimum Gasteiger partial charge on any atom is -0.444 e. The quantitative estimate of drug-likeness (QED) is 0.846. The van der Waals surface area contributed by atoms with Crippen molar-refractivity contribution < 1.29 is 14.3 Å². The first kappa shape index (κ1) is 14.7. The van der Waals surface area contributed by atoms with Gasteiger partial charge in [0.25, 0.3) is 0 Å². The molecular formula is C14H16N2O3. The van der Waals surface area contributed by atoms with Gasteiger partial charge in [-0.1, -0.05) is 18.2 Å². The van der Waals surface area contributed by atoms with Gasteiger partial charge in [0.05, 0.1) is 11.6 Å². The van der Waals surface area contributed by atoms with E-state index in [0.29, 0.717) is 17.4 Å². The zero-order valence-corrected chi connectivity index (χ0v) is 11.1. The van der Waals surface area contributed by atoms with Crippen molar-refractivity contribution in [3.63, 3.8) is 0 Å². The number of carbonyl (C=O) groups excluding carboxylic acids is 2. The molecule has 1 atom stereocenters. The monoisotopic (exact) mass is 260 g/mol. The van der Waals surface area contributed by atoms with Gasteiger partial charge in [0, 0.05) is 0 Å². The number of nitrogens with zero attached hydrogens (tertiary/aromatic N) is 1. The van der Waals surface area contributed by atoms with E-state index in [1.54, 1.807) is 45.0 Å². The predicted octanol–water partition coefficient (Wildman–Crippen LogP) is 2.32. The van der Waals surface area contributed by atoms with E-state index in [2.05, 4.69) is 5.32 Å². The van der Waals surface area contributed by atoms with Crippen LogP contribution < -0.4 is 5.32 Å². The minimum atomic E-state index is -0.898. The van der Waals surface area contributed by atoms with Gasteiger partial charge in [0.2, 0.25) is 0 Å². The van der Waals surface area contributed by atoms with Crippen LogP contribution in [-0.2, 0) is 9.53 Å². The molecule has 0 heterocycles. The number of amides is 1. The second-order valence-electron chi connectivity index (χ2n) is 4.96. The fourth-order valence-corrected chi connectivity index (χ4v) is 1.49. The summed E-state index contributed by atoms with van der Waals surface area (Å²) in [5.74, 6) is 0. The Hall–Kier alpha value is -2.35. The number of hydrogen-bond acceptors (Lipinski definition) is 4. The molecule has 0 saturated heterocycles. The topological polar surface area (TPSA) is 79.2 Å². The minimum absolute atomic E-state index is 0.343. The molecule has 1 N–H and O–H groups in total. The molecule has 1 amide bonds. The van der Waals surface area contributed by atoms with Gasteiger partial charge in [0.1, 0.15) is 17.9 Å². The summed E-state index contributed by atoms with van der Waals surface area (Å²) >= 11 is 0. The first-order valence-electron chi connectivity index (χ1n) is 5.81. The third-order valence-corrected chi connectivity index (χ3v) is 2.22. The van der Waals surface area contributed by atoms with Crippen molar-refractivity contribution in [3.05, 3.63) is 35.4 Å². The number of benzene rings is 1. The van der Waals surface area contributed by atoms with Gasteiger partial charge in [-0.25, -0.2) is 4.79 Å². The normalized spacial score (nSPS) is 12.1. The molecule has 0 aliphatic rings. The number of aldehydes is 1. The lowest BCUT2D eigenvalue weighted by molar-refractivity contribution is -0.109. The fraction of sp³-hybridized carbons (Fsp3) is 0.357. The van der Waals surface area contributed by atoms with Gasteiger partial charge < -0.3 is 14.8 Å². The van der Waals surface area contributed by atoms with E-state index >= 15 is 0 Å². The number of alkyl carbamates (subject to hydrolysis) is 1.